The molecule has 1 amide bonds. The van der Waals surface area contributed by atoms with Crippen molar-refractivity contribution in [3.8, 4) is 6.07 Å². The van der Waals surface area contributed by atoms with Crippen molar-refractivity contribution in [1.82, 2.24) is 15.0 Å². The number of carbonyl (C=O) groups is 1. The highest BCUT2D eigenvalue weighted by Gasteiger charge is 2.35. The summed E-state index contributed by atoms with van der Waals surface area (Å²) in [5.74, 6) is -0.955. The van der Waals surface area contributed by atoms with Crippen LogP contribution in [0.4, 0.5) is 14.6 Å². The molecule has 29 heavy (non-hydrogen) atoms. The molecule has 1 fully saturated rings. The Labute approximate surface area is 166 Å². The number of piperidine rings is 1. The van der Waals surface area contributed by atoms with Gasteiger partial charge in [-0.1, -0.05) is 0 Å². The summed E-state index contributed by atoms with van der Waals surface area (Å²) in [6.45, 7) is 1.21. The number of benzene rings is 1. The molecule has 0 aliphatic carbocycles. The molecule has 2 aliphatic heterocycles. The first-order chi connectivity index (χ1) is 14.0. The maximum absolute atomic E-state index is 13.6. The van der Waals surface area contributed by atoms with Crippen molar-refractivity contribution >= 4 is 17.9 Å². The Bertz CT molecular complexity index is 976. The quantitative estimate of drug-likeness (QED) is 0.796. The van der Waals surface area contributed by atoms with Gasteiger partial charge in [0.15, 0.2) is 0 Å². The normalized spacial score (nSPS) is 19.4. The predicted octanol–water partition coefficient (Wildman–Crippen LogP) is 2.80. The van der Waals surface area contributed by atoms with E-state index in [0.717, 1.165) is 6.07 Å². The van der Waals surface area contributed by atoms with Crippen molar-refractivity contribution in [1.29, 1.82) is 5.26 Å². The van der Waals surface area contributed by atoms with Crippen molar-refractivity contribution in [3.63, 3.8) is 0 Å². The lowest BCUT2D eigenvalue weighted by Crippen LogP contribution is -2.41. The van der Waals surface area contributed by atoms with E-state index in [-0.39, 0.29) is 17.6 Å². The Hall–Kier alpha value is -3.41. The van der Waals surface area contributed by atoms with Crippen molar-refractivity contribution in [2.24, 2.45) is 11.0 Å². The van der Waals surface area contributed by atoms with Gasteiger partial charge in [0.1, 0.15) is 23.5 Å². The van der Waals surface area contributed by atoms with Crippen LogP contribution in [0.15, 0.2) is 35.6 Å². The maximum Gasteiger partial charge on any atom is 0.246 e. The number of hydrogen-bond acceptors (Lipinski definition) is 6. The summed E-state index contributed by atoms with van der Waals surface area (Å²) < 4.78 is 27.2. The zero-order valence-corrected chi connectivity index (χ0v) is 15.5. The maximum atomic E-state index is 13.6. The first-order valence-electron chi connectivity index (χ1n) is 9.35. The fourth-order valence-corrected chi connectivity index (χ4v) is 3.79. The van der Waals surface area contributed by atoms with E-state index >= 15 is 0 Å². The molecule has 148 valence electrons. The van der Waals surface area contributed by atoms with E-state index in [0.29, 0.717) is 43.7 Å². The number of amides is 1. The number of aromatic nitrogens is 2. The Kier molecular flexibility index (Phi) is 5.16. The second-order valence-corrected chi connectivity index (χ2v) is 7.05. The van der Waals surface area contributed by atoms with Crippen molar-refractivity contribution in [2.75, 3.05) is 18.0 Å². The Balaban J connectivity index is 1.43. The van der Waals surface area contributed by atoms with Gasteiger partial charge in [0.2, 0.25) is 11.7 Å². The minimum absolute atomic E-state index is 0.109. The van der Waals surface area contributed by atoms with Gasteiger partial charge in [0, 0.05) is 43.9 Å². The molecule has 0 spiro atoms. The highest BCUT2D eigenvalue weighted by Crippen LogP contribution is 2.33. The van der Waals surface area contributed by atoms with Crippen LogP contribution in [0.1, 0.15) is 36.7 Å². The first-order valence-corrected chi connectivity index (χ1v) is 9.35. The van der Waals surface area contributed by atoms with Crippen LogP contribution in [0, 0.1) is 28.9 Å². The zero-order chi connectivity index (χ0) is 20.4. The average molecular weight is 396 g/mol. The van der Waals surface area contributed by atoms with Gasteiger partial charge >= 0.3 is 0 Å². The second-order valence-electron chi connectivity index (χ2n) is 7.05. The van der Waals surface area contributed by atoms with Crippen LogP contribution in [0.2, 0.25) is 0 Å². The number of nitrogens with zero attached hydrogens (tertiary/aromatic N) is 6. The third kappa shape index (κ3) is 3.92. The van der Waals surface area contributed by atoms with Crippen LogP contribution in [-0.4, -0.2) is 40.2 Å². The number of halogens is 2. The summed E-state index contributed by atoms with van der Waals surface area (Å²) in [5, 5.41) is 14.5. The molecule has 2 aromatic rings. The number of hydrazone groups is 1. The van der Waals surface area contributed by atoms with Gasteiger partial charge in [-0.2, -0.15) is 10.4 Å². The summed E-state index contributed by atoms with van der Waals surface area (Å²) in [7, 11) is 0. The highest BCUT2D eigenvalue weighted by atomic mass is 19.1. The summed E-state index contributed by atoms with van der Waals surface area (Å²) >= 11 is 0. The van der Waals surface area contributed by atoms with E-state index in [9.17, 15) is 13.6 Å². The Morgan fingerprint density at radius 1 is 1.17 bits per heavy atom. The minimum atomic E-state index is -0.672. The molecule has 3 heterocycles. The number of nitriles is 1. The summed E-state index contributed by atoms with van der Waals surface area (Å²) in [5.41, 5.74) is 0.399. The fourth-order valence-electron chi connectivity index (χ4n) is 3.79. The molecule has 0 bridgehead atoms. The molecule has 1 aromatic carbocycles. The molecule has 2 aliphatic rings. The lowest BCUT2D eigenvalue weighted by atomic mass is 9.94. The summed E-state index contributed by atoms with van der Waals surface area (Å²) in [6.07, 6.45) is 4.76. The van der Waals surface area contributed by atoms with Crippen LogP contribution < -0.4 is 4.90 Å². The smallest absolute Gasteiger partial charge is 0.246 e. The molecule has 0 N–H and O–H groups in total. The van der Waals surface area contributed by atoms with Crippen LogP contribution in [0.25, 0.3) is 0 Å². The molecule has 0 unspecified atom stereocenters. The van der Waals surface area contributed by atoms with Gasteiger partial charge in [0.25, 0.3) is 0 Å². The zero-order valence-electron chi connectivity index (χ0n) is 15.5. The molecule has 4 rings (SSSR count). The number of anilines is 1. The van der Waals surface area contributed by atoms with E-state index in [4.69, 9.17) is 5.26 Å². The van der Waals surface area contributed by atoms with E-state index < -0.39 is 17.7 Å². The van der Waals surface area contributed by atoms with Crippen molar-refractivity contribution in [2.45, 2.75) is 25.3 Å². The minimum Gasteiger partial charge on any atom is -0.356 e. The van der Waals surface area contributed by atoms with E-state index in [1.165, 1.54) is 17.1 Å². The van der Waals surface area contributed by atoms with Crippen molar-refractivity contribution < 1.29 is 13.6 Å². The second kappa shape index (κ2) is 7.91. The monoisotopic (exact) mass is 396 g/mol. The summed E-state index contributed by atoms with van der Waals surface area (Å²) in [6, 6.07) is 6.46. The van der Waals surface area contributed by atoms with Gasteiger partial charge in [-0.15, -0.1) is 0 Å². The van der Waals surface area contributed by atoms with E-state index in [2.05, 4.69) is 15.1 Å². The number of rotatable bonds is 3. The third-order valence-electron chi connectivity index (χ3n) is 5.23. The largest absolute Gasteiger partial charge is 0.356 e. The van der Waals surface area contributed by atoms with E-state index in [1.54, 1.807) is 18.5 Å². The molecule has 1 aromatic heterocycles. The Morgan fingerprint density at radius 2 is 1.90 bits per heavy atom. The molecule has 1 saturated heterocycles. The lowest BCUT2D eigenvalue weighted by molar-refractivity contribution is -0.138. The first kappa shape index (κ1) is 18.9. The molecular weight excluding hydrogens is 378 g/mol. The average Bonchev–Trinajstić information content (AvgIpc) is 3.23. The summed E-state index contributed by atoms with van der Waals surface area (Å²) in [4.78, 5) is 23.1. The highest BCUT2D eigenvalue weighted by molar-refractivity contribution is 5.82. The van der Waals surface area contributed by atoms with Gasteiger partial charge < -0.3 is 4.90 Å². The van der Waals surface area contributed by atoms with Gasteiger partial charge in [-0.3, -0.25) is 4.79 Å². The van der Waals surface area contributed by atoms with Crippen LogP contribution in [0.5, 0.6) is 0 Å². The third-order valence-corrected chi connectivity index (χ3v) is 5.23. The SMILES string of the molecule is N#Cc1nccc(N2CCC(C(=O)N3N=CC[C@H]3c3cc(F)cc(F)c3)CC2)n1. The molecule has 0 radical (unpaired) electrons. The number of carbonyl (C=O) groups excluding carboxylic acids is 1. The van der Waals surface area contributed by atoms with Crippen LogP contribution in [0.3, 0.4) is 0 Å². The molecule has 1 atom stereocenters. The predicted molar refractivity (Wildman–Crippen MR) is 101 cm³/mol. The van der Waals surface area contributed by atoms with Crippen LogP contribution in [-0.2, 0) is 4.79 Å². The standard InChI is InChI=1S/C20H18F2N6O/c21-15-9-14(10-16(22)11-15)17-1-6-25-28(17)20(29)13-3-7-27(8-4-13)19-2-5-24-18(12-23)26-19/h2,5-6,9-11,13,17H,1,3-4,7-8H2/t17-/m0/s1. The molecule has 9 heteroatoms. The molecule has 0 saturated carbocycles. The van der Waals surface area contributed by atoms with Crippen molar-refractivity contribution in [3.05, 3.63) is 53.5 Å². The molecular formula is C20H18F2N6O. The van der Waals surface area contributed by atoms with E-state index in [1.807, 2.05) is 11.0 Å². The molecule has 7 nitrogen and oxygen atoms in total. The number of hydrogen-bond donors (Lipinski definition) is 0. The van der Waals surface area contributed by atoms with Gasteiger partial charge in [0.05, 0.1) is 6.04 Å². The lowest BCUT2D eigenvalue weighted by Gasteiger charge is -2.34. The van der Waals surface area contributed by atoms with Gasteiger partial charge in [-0.25, -0.2) is 23.8 Å². The Morgan fingerprint density at radius 3 is 2.59 bits per heavy atom. The topological polar surface area (TPSA) is 85.5 Å². The van der Waals surface area contributed by atoms with Crippen LogP contribution >= 0.6 is 0 Å². The fraction of sp³-hybridized carbons (Fsp3) is 0.350. The van der Waals surface area contributed by atoms with Gasteiger partial charge in [-0.05, 0) is 36.6 Å².